The van der Waals surface area contributed by atoms with E-state index < -0.39 is 92.4 Å². The number of hydrogen-bond donors (Lipinski definition) is 0. The van der Waals surface area contributed by atoms with Crippen LogP contribution in [-0.2, 0) is 76.3 Å². The van der Waals surface area contributed by atoms with Crippen molar-refractivity contribution in [1.29, 1.82) is 0 Å². The first-order valence-corrected chi connectivity index (χ1v) is 25.1. The molecule has 6 unspecified atom stereocenters. The lowest BCUT2D eigenvalue weighted by Crippen LogP contribution is -2.52. The van der Waals surface area contributed by atoms with Crippen molar-refractivity contribution in [2.75, 3.05) is 26.4 Å². The maximum atomic E-state index is 12.2. The zero-order chi connectivity index (χ0) is 59.7. The van der Waals surface area contributed by atoms with Crippen molar-refractivity contribution in [1.82, 2.24) is 0 Å². The van der Waals surface area contributed by atoms with E-state index in [1.807, 2.05) is 0 Å². The lowest BCUT2D eigenvalue weighted by Gasteiger charge is -2.55. The molecule has 6 saturated carbocycles. The predicted octanol–water partition coefficient (Wildman–Crippen LogP) is 10.3. The first-order chi connectivity index (χ1) is 35.8. The minimum atomic E-state index is -4.59. The van der Waals surface area contributed by atoms with E-state index in [-0.39, 0.29) is 71.0 Å². The van der Waals surface area contributed by atoms with Crippen LogP contribution in [0.1, 0.15) is 126 Å². The topological polar surface area (TPSA) is 210 Å². The monoisotopic (exact) mass is 1130 g/mol. The highest BCUT2D eigenvalue weighted by atomic mass is 19.4. The molecule has 0 aromatic carbocycles. The molecule has 8 rings (SSSR count). The van der Waals surface area contributed by atoms with E-state index in [1.54, 1.807) is 6.92 Å². The molecule has 2 saturated heterocycles. The smallest absolute Gasteiger partial charge is 0.425 e. The van der Waals surface area contributed by atoms with Gasteiger partial charge >= 0.3 is 60.1 Å². The summed E-state index contributed by atoms with van der Waals surface area (Å²) in [6.45, 7) is 24.4. The van der Waals surface area contributed by atoms with E-state index >= 15 is 0 Å². The van der Waals surface area contributed by atoms with Gasteiger partial charge in [0.2, 0.25) is 5.92 Å². The zero-order valence-corrected chi connectivity index (χ0v) is 45.1. The summed E-state index contributed by atoms with van der Waals surface area (Å²) in [5.74, 6) is -5.04. The van der Waals surface area contributed by atoms with E-state index in [9.17, 15) is 73.5 Å². The number of fused-ring (bicyclic) bond motifs is 1. The van der Waals surface area contributed by atoms with Gasteiger partial charge in [-0.2, -0.15) is 26.3 Å². The van der Waals surface area contributed by atoms with Crippen LogP contribution < -0.4 is 0 Å². The van der Waals surface area contributed by atoms with Crippen molar-refractivity contribution in [3.8, 4) is 0 Å². The molecular weight excluding hydrogens is 1060 g/mol. The summed E-state index contributed by atoms with van der Waals surface area (Å²) in [5, 5.41) is 0. The molecule has 8 fully saturated rings. The largest absolute Gasteiger partial charge is 0.462 e. The molecule has 6 atom stereocenters. The number of ether oxygens (including phenoxy) is 8. The normalized spacial score (nSPS) is 25.1. The minimum Gasteiger partial charge on any atom is -0.462 e. The van der Waals surface area contributed by atoms with E-state index in [4.69, 9.17) is 18.9 Å². The van der Waals surface area contributed by atoms with Crippen LogP contribution in [0.25, 0.3) is 0 Å². The third-order valence-electron chi connectivity index (χ3n) is 12.9. The second-order valence-electron chi connectivity index (χ2n) is 20.9. The van der Waals surface area contributed by atoms with Crippen molar-refractivity contribution in [3.05, 3.63) is 60.8 Å². The standard InChI is InChI=1S/C16H20O6.C14H20O2.C9H11F3O4.C8H12F2O2.C7H9F3O2/c1-8(2)15(18)20-7-13(17)22-14-10-3-9-4-11(6-10)16(19)21-12(14)5-9;1-9(2)13(15)16-14-6-10-3-11(7-14)5-12(4-10)8-14;1-6(2)8(14)16-4-3-15-7(13)5-9(10,11)12;1-6(2)7(11)12-5-4-8(3,9)10;1-4(2)6(11)12-5(3)7(8,9)10/h9-12,14H,1,3-7H2,2H3;10-12H,1,3-8H2,2H3;1,3-5H2,2H3;1,4-5H2,2-3H3;5H,1H2,2-3H3. The number of carbonyl (C=O) groups is 8. The van der Waals surface area contributed by atoms with Gasteiger partial charge in [-0.15, -0.1) is 0 Å². The van der Waals surface area contributed by atoms with E-state index in [1.165, 1.54) is 47.0 Å². The molecule has 2 heterocycles. The molecule has 8 aliphatic rings. The maximum absolute atomic E-state index is 12.2. The maximum Gasteiger partial charge on any atom is 0.425 e. The second-order valence-corrected chi connectivity index (χ2v) is 20.9. The molecule has 8 bridgehead atoms. The molecule has 2 aliphatic heterocycles. The highest BCUT2D eigenvalue weighted by Gasteiger charge is 2.54. The van der Waals surface area contributed by atoms with Crippen molar-refractivity contribution < 1.29 is 111 Å². The summed E-state index contributed by atoms with van der Waals surface area (Å²) in [4.78, 5) is 89.4. The van der Waals surface area contributed by atoms with E-state index in [2.05, 4.69) is 51.8 Å². The highest BCUT2D eigenvalue weighted by Crippen LogP contribution is 2.57. The Kier molecular flexibility index (Phi) is 25.9. The lowest BCUT2D eigenvalue weighted by molar-refractivity contribution is -0.213. The summed E-state index contributed by atoms with van der Waals surface area (Å²) >= 11 is 0. The van der Waals surface area contributed by atoms with Crippen molar-refractivity contribution in [2.45, 2.75) is 168 Å². The van der Waals surface area contributed by atoms with Gasteiger partial charge in [0, 0.05) is 40.2 Å². The molecule has 0 aromatic rings. The molecule has 0 amide bonds. The van der Waals surface area contributed by atoms with Gasteiger partial charge in [0.15, 0.2) is 12.7 Å². The van der Waals surface area contributed by atoms with Crippen LogP contribution >= 0.6 is 0 Å². The lowest BCUT2D eigenvalue weighted by atomic mass is 9.54. The van der Waals surface area contributed by atoms with Crippen molar-refractivity contribution >= 4 is 47.8 Å². The van der Waals surface area contributed by atoms with E-state index in [0.29, 0.717) is 11.5 Å². The number of hydrogen-bond acceptors (Lipinski definition) is 16. The van der Waals surface area contributed by atoms with Crippen LogP contribution in [0, 0.1) is 35.5 Å². The molecule has 0 radical (unpaired) electrons. The quantitative estimate of drug-likeness (QED) is 0.0436. The molecule has 0 spiro atoms. The average Bonchev–Trinajstić information content (AvgIpc) is 3.45. The van der Waals surface area contributed by atoms with Crippen LogP contribution in [0.15, 0.2) is 60.8 Å². The van der Waals surface area contributed by atoms with Gasteiger partial charge in [0.1, 0.15) is 37.4 Å². The fraction of sp³-hybridized carbons (Fsp3) is 0.667. The minimum absolute atomic E-state index is 0.0499. The Hall–Kier alpha value is -6.10. The Bertz CT molecular complexity index is 2190. The first-order valence-electron chi connectivity index (χ1n) is 25.1. The third kappa shape index (κ3) is 24.7. The number of rotatable bonds is 17. The van der Waals surface area contributed by atoms with Crippen LogP contribution in [0.2, 0.25) is 0 Å². The number of esters is 8. The molecule has 0 aromatic heterocycles. The highest BCUT2D eigenvalue weighted by molar-refractivity contribution is 5.89. The Morgan fingerprint density at radius 2 is 1.05 bits per heavy atom. The summed E-state index contributed by atoms with van der Waals surface area (Å²) in [7, 11) is 0. The molecule has 0 N–H and O–H groups in total. The van der Waals surface area contributed by atoms with Crippen LogP contribution in [0.3, 0.4) is 0 Å². The Morgan fingerprint density at radius 3 is 1.50 bits per heavy atom. The number of alkyl halides is 8. The average molecular weight is 1130 g/mol. The third-order valence-corrected chi connectivity index (χ3v) is 12.9. The Balaban J connectivity index is 0.000000341. The summed E-state index contributed by atoms with van der Waals surface area (Å²) in [6, 6.07) is 0. The van der Waals surface area contributed by atoms with Gasteiger partial charge in [0.05, 0.1) is 12.5 Å². The molecule has 16 nitrogen and oxygen atoms in total. The zero-order valence-electron chi connectivity index (χ0n) is 45.1. The van der Waals surface area contributed by atoms with Gasteiger partial charge in [-0.1, -0.05) is 32.9 Å². The summed E-state index contributed by atoms with van der Waals surface area (Å²) in [6.07, 6.45) is -3.27. The first kappa shape index (κ1) is 68.0. The summed E-state index contributed by atoms with van der Waals surface area (Å²) in [5.41, 5.74) is 0.983. The van der Waals surface area contributed by atoms with Crippen LogP contribution in [-0.4, -0.2) is 116 Å². The Morgan fingerprint density at radius 1 is 0.590 bits per heavy atom. The fourth-order valence-electron chi connectivity index (χ4n) is 9.71. The predicted molar refractivity (Wildman–Crippen MR) is 261 cm³/mol. The molecule has 78 heavy (non-hydrogen) atoms. The van der Waals surface area contributed by atoms with Crippen molar-refractivity contribution in [3.63, 3.8) is 0 Å². The van der Waals surface area contributed by atoms with Gasteiger partial charge in [-0.25, -0.2) is 37.5 Å². The van der Waals surface area contributed by atoms with Gasteiger partial charge < -0.3 is 37.9 Å². The second kappa shape index (κ2) is 29.8. The van der Waals surface area contributed by atoms with Crippen molar-refractivity contribution in [2.24, 2.45) is 35.5 Å². The molecule has 440 valence electrons. The number of carbonyl (C=O) groups excluding carboxylic acids is 8. The van der Waals surface area contributed by atoms with Crippen LogP contribution in [0.4, 0.5) is 35.1 Å². The molecule has 24 heteroatoms. The Labute approximate surface area is 448 Å². The number of halogens is 8. The van der Waals surface area contributed by atoms with Gasteiger partial charge in [-0.3, -0.25) is 9.59 Å². The van der Waals surface area contributed by atoms with Gasteiger partial charge in [0.25, 0.3) is 0 Å². The SMILES string of the molecule is C=C(C)C(=O)OC(C)C(F)(F)F.C=C(C)C(=O)OC12CC3CC(CC(C3)C1)C2.C=C(C)C(=O)OCC(=O)OC1C2CC3CC(C2)C(=O)OC1C3.C=C(C)C(=O)OCCC(C)(F)F.C=C(C)C(=O)OCCOC(=O)CC(F)(F)F. The fourth-order valence-corrected chi connectivity index (χ4v) is 9.71. The summed E-state index contributed by atoms with van der Waals surface area (Å²) < 4.78 is 133. The van der Waals surface area contributed by atoms with E-state index in [0.717, 1.165) is 76.5 Å². The molecular formula is C54H72F8O16. The van der Waals surface area contributed by atoms with Crippen LogP contribution in [0.5, 0.6) is 0 Å². The van der Waals surface area contributed by atoms with Gasteiger partial charge in [-0.05, 0) is 136 Å². The molecule has 6 aliphatic carbocycles.